The molecule has 6 heteroatoms. The lowest BCUT2D eigenvalue weighted by molar-refractivity contribution is -0.142. The van der Waals surface area contributed by atoms with Crippen LogP contribution in [-0.4, -0.2) is 41.1 Å². The van der Waals surface area contributed by atoms with Crippen molar-refractivity contribution in [2.24, 2.45) is 29.1 Å². The highest BCUT2D eigenvalue weighted by Crippen LogP contribution is 2.65. The number of hydrogen-bond donors (Lipinski definition) is 0. The van der Waals surface area contributed by atoms with Gasteiger partial charge in [-0.25, -0.2) is 9.59 Å². The molecule has 6 nitrogen and oxygen atoms in total. The van der Waals surface area contributed by atoms with Crippen molar-refractivity contribution in [3.8, 4) is 0 Å². The fourth-order valence-electron chi connectivity index (χ4n) is 7.62. The van der Waals surface area contributed by atoms with Gasteiger partial charge in [0.1, 0.15) is 6.10 Å². The van der Waals surface area contributed by atoms with E-state index < -0.39 is 35.2 Å². The number of carbonyl (C=O) groups is 3. The molecule has 3 aliphatic carbocycles. The monoisotopic (exact) mass is 542 g/mol. The molecule has 2 saturated carbocycles. The van der Waals surface area contributed by atoms with Gasteiger partial charge in [0.15, 0.2) is 5.60 Å². The van der Waals surface area contributed by atoms with E-state index in [2.05, 4.69) is 26.8 Å². The molecule has 1 saturated heterocycles. The molecule has 0 radical (unpaired) electrons. The zero-order valence-electron chi connectivity index (χ0n) is 23.9. The minimum absolute atomic E-state index is 0.103. The first-order valence-electron chi connectivity index (χ1n) is 14.4. The van der Waals surface area contributed by atoms with Crippen molar-refractivity contribution >= 4 is 17.7 Å². The SMILES string of the molecule is C/C1=C\[C@H]2[C@H](CC[C@@]3(C)O[C@@H]3[C@H]3[C@@H](OC(=O)c4ccccc4)[C@@H](C)C[C@]3(OC(=O)c3ccccc3)C1=O)C2(C)C. The predicted molar refractivity (Wildman–Crippen MR) is 150 cm³/mol. The topological polar surface area (TPSA) is 82.2 Å². The Kier molecular flexibility index (Phi) is 6.34. The van der Waals surface area contributed by atoms with Crippen molar-refractivity contribution in [3.63, 3.8) is 0 Å². The Morgan fingerprint density at radius 1 is 0.925 bits per heavy atom. The molecule has 8 atom stereocenters. The molecule has 1 heterocycles. The van der Waals surface area contributed by atoms with Crippen LogP contribution in [0.25, 0.3) is 0 Å². The van der Waals surface area contributed by atoms with Crippen LogP contribution < -0.4 is 0 Å². The smallest absolute Gasteiger partial charge is 0.339 e. The lowest BCUT2D eigenvalue weighted by atomic mass is 9.77. The number of allylic oxidation sites excluding steroid dienone is 1. The van der Waals surface area contributed by atoms with E-state index in [-0.39, 0.29) is 35.6 Å². The Bertz CT molecular complexity index is 1360. The van der Waals surface area contributed by atoms with Crippen molar-refractivity contribution in [2.45, 2.75) is 77.3 Å². The summed E-state index contributed by atoms with van der Waals surface area (Å²) < 4.78 is 19.0. The largest absolute Gasteiger partial charge is 0.458 e. The molecule has 6 rings (SSSR count). The molecular formula is C34H38O6. The number of ketones is 1. The van der Waals surface area contributed by atoms with Crippen LogP contribution in [0.2, 0.25) is 0 Å². The zero-order valence-corrected chi connectivity index (χ0v) is 23.9. The van der Waals surface area contributed by atoms with Gasteiger partial charge in [-0.05, 0) is 79.7 Å². The Balaban J connectivity index is 1.44. The van der Waals surface area contributed by atoms with Gasteiger partial charge in [0.05, 0.1) is 28.7 Å². The number of hydrogen-bond acceptors (Lipinski definition) is 6. The highest BCUT2D eigenvalue weighted by Gasteiger charge is 2.72. The van der Waals surface area contributed by atoms with Crippen LogP contribution in [0.15, 0.2) is 72.3 Å². The van der Waals surface area contributed by atoms with Crippen LogP contribution in [0.1, 0.15) is 74.6 Å². The molecule has 0 unspecified atom stereocenters. The maximum absolute atomic E-state index is 14.6. The van der Waals surface area contributed by atoms with E-state index in [1.165, 1.54) is 0 Å². The van der Waals surface area contributed by atoms with Crippen LogP contribution in [-0.2, 0) is 19.0 Å². The van der Waals surface area contributed by atoms with Gasteiger partial charge in [-0.2, -0.15) is 0 Å². The van der Waals surface area contributed by atoms with Crippen molar-refractivity contribution in [2.75, 3.05) is 0 Å². The maximum Gasteiger partial charge on any atom is 0.339 e. The number of carbonyl (C=O) groups excluding carboxylic acids is 3. The summed E-state index contributed by atoms with van der Waals surface area (Å²) in [5, 5.41) is 0. The molecule has 0 N–H and O–H groups in total. The minimum Gasteiger partial charge on any atom is -0.458 e. The predicted octanol–water partition coefficient (Wildman–Crippen LogP) is 6.20. The van der Waals surface area contributed by atoms with E-state index in [9.17, 15) is 14.4 Å². The van der Waals surface area contributed by atoms with Crippen molar-refractivity contribution in [1.29, 1.82) is 0 Å². The summed E-state index contributed by atoms with van der Waals surface area (Å²) in [6.07, 6.45) is 3.11. The molecular weight excluding hydrogens is 504 g/mol. The first-order valence-corrected chi connectivity index (χ1v) is 14.4. The van der Waals surface area contributed by atoms with Crippen LogP contribution in [0.4, 0.5) is 0 Å². The molecule has 4 aliphatic rings. The molecule has 3 fully saturated rings. The van der Waals surface area contributed by atoms with Gasteiger partial charge >= 0.3 is 11.9 Å². The average Bonchev–Trinajstić information content (AvgIpc) is 3.71. The van der Waals surface area contributed by atoms with Crippen molar-refractivity contribution in [1.82, 2.24) is 0 Å². The Labute approximate surface area is 236 Å². The molecule has 1 aliphatic heterocycles. The molecule has 210 valence electrons. The lowest BCUT2D eigenvalue weighted by Gasteiger charge is -2.35. The Hall–Kier alpha value is -3.25. The maximum atomic E-state index is 14.6. The minimum atomic E-state index is -1.52. The van der Waals surface area contributed by atoms with Crippen LogP contribution in [0.3, 0.4) is 0 Å². The summed E-state index contributed by atoms with van der Waals surface area (Å²) in [6.45, 7) is 10.4. The second-order valence-electron chi connectivity index (χ2n) is 13.1. The van der Waals surface area contributed by atoms with Crippen molar-refractivity contribution in [3.05, 3.63) is 83.4 Å². The molecule has 0 spiro atoms. The molecule has 2 aromatic rings. The van der Waals surface area contributed by atoms with Gasteiger partial charge in [0, 0.05) is 6.42 Å². The zero-order chi connectivity index (χ0) is 28.4. The first-order chi connectivity index (χ1) is 19.0. The second-order valence-corrected chi connectivity index (χ2v) is 13.1. The second kappa shape index (κ2) is 9.41. The van der Waals surface area contributed by atoms with E-state index >= 15 is 0 Å². The Morgan fingerprint density at radius 3 is 2.15 bits per heavy atom. The number of esters is 2. The molecule has 0 aromatic heterocycles. The highest BCUT2D eigenvalue weighted by atomic mass is 16.6. The number of benzene rings is 2. The standard InChI is InChI=1S/C34H38O6/c1-20-18-25-24(32(25,3)4)16-17-33(5)29(39-33)26-27(38-30(36)22-12-8-6-9-13-22)21(2)19-34(26,28(20)35)40-31(37)23-14-10-7-11-15-23/h6-15,18,21,24-27,29H,16-17,19H2,1-5H3/b20-18+/t21-,24-,25-,26+,27-,29+,33+,34+/m0/s1. The summed E-state index contributed by atoms with van der Waals surface area (Å²) in [4.78, 5) is 41.5. The summed E-state index contributed by atoms with van der Waals surface area (Å²) in [7, 11) is 0. The van der Waals surface area contributed by atoms with Gasteiger partial charge in [-0.1, -0.05) is 63.2 Å². The van der Waals surface area contributed by atoms with Crippen LogP contribution >= 0.6 is 0 Å². The summed E-state index contributed by atoms with van der Waals surface area (Å²) in [6, 6.07) is 17.6. The summed E-state index contributed by atoms with van der Waals surface area (Å²) in [5.74, 6) is -1.36. The fraction of sp³-hybridized carbons (Fsp3) is 0.500. The number of Topliss-reactive ketones (excluding diaryl/α,β-unsaturated/α-hetero) is 1. The molecule has 40 heavy (non-hydrogen) atoms. The third-order valence-corrected chi connectivity index (χ3v) is 10.1. The number of ether oxygens (including phenoxy) is 3. The van der Waals surface area contributed by atoms with Crippen molar-refractivity contribution < 1.29 is 28.6 Å². The average molecular weight is 543 g/mol. The third-order valence-electron chi connectivity index (χ3n) is 10.1. The fourth-order valence-corrected chi connectivity index (χ4v) is 7.62. The first kappa shape index (κ1) is 26.9. The summed E-state index contributed by atoms with van der Waals surface area (Å²) >= 11 is 0. The van der Waals surface area contributed by atoms with Gasteiger partial charge in [0.25, 0.3) is 0 Å². The molecule has 0 amide bonds. The van der Waals surface area contributed by atoms with E-state index in [4.69, 9.17) is 14.2 Å². The van der Waals surface area contributed by atoms with Gasteiger partial charge in [-0.15, -0.1) is 0 Å². The van der Waals surface area contributed by atoms with E-state index in [1.54, 1.807) is 48.5 Å². The number of rotatable bonds is 4. The lowest BCUT2D eigenvalue weighted by Crippen LogP contribution is -2.52. The van der Waals surface area contributed by atoms with Gasteiger partial charge in [-0.3, -0.25) is 4.79 Å². The quantitative estimate of drug-likeness (QED) is 0.338. The van der Waals surface area contributed by atoms with E-state index in [0.29, 0.717) is 22.6 Å². The molecule has 2 aromatic carbocycles. The van der Waals surface area contributed by atoms with Gasteiger partial charge in [0.2, 0.25) is 5.78 Å². The number of epoxide rings is 1. The van der Waals surface area contributed by atoms with Crippen LogP contribution in [0.5, 0.6) is 0 Å². The number of fused-ring (bicyclic) bond motifs is 4. The normalized spacial score (nSPS) is 38.8. The van der Waals surface area contributed by atoms with Crippen LogP contribution in [0, 0.1) is 29.1 Å². The summed E-state index contributed by atoms with van der Waals surface area (Å²) in [5.41, 5.74) is -0.494. The third kappa shape index (κ3) is 4.32. The van der Waals surface area contributed by atoms with E-state index in [0.717, 1.165) is 12.8 Å². The molecule has 0 bridgehead atoms. The van der Waals surface area contributed by atoms with E-state index in [1.807, 2.05) is 26.0 Å². The van der Waals surface area contributed by atoms with Gasteiger partial charge < -0.3 is 14.2 Å². The Morgan fingerprint density at radius 2 is 1.52 bits per heavy atom. The highest BCUT2D eigenvalue weighted by molar-refractivity contribution is 6.04.